The molecule has 6 heteroatoms. The Kier molecular flexibility index (Phi) is 6.39. The number of hydrogen-bond donors (Lipinski definition) is 2. The third kappa shape index (κ3) is 4.74. The van der Waals surface area contributed by atoms with E-state index in [1.165, 1.54) is 5.56 Å². The van der Waals surface area contributed by atoms with Gasteiger partial charge in [0.2, 0.25) is 0 Å². The lowest BCUT2D eigenvalue weighted by atomic mass is 10.1. The van der Waals surface area contributed by atoms with Crippen LogP contribution in [0.1, 0.15) is 30.8 Å². The van der Waals surface area contributed by atoms with Gasteiger partial charge in [-0.2, -0.15) is 16.9 Å². The highest BCUT2D eigenvalue weighted by Gasteiger charge is 2.15. The summed E-state index contributed by atoms with van der Waals surface area (Å²) in [5.41, 5.74) is 3.42. The van der Waals surface area contributed by atoms with E-state index >= 15 is 0 Å². The number of carbonyl (C=O) groups is 1. The minimum atomic E-state index is -0.0988. The van der Waals surface area contributed by atoms with E-state index in [1.807, 2.05) is 38.8 Å². The molecule has 0 unspecified atom stereocenters. The van der Waals surface area contributed by atoms with Crippen LogP contribution in [0.3, 0.4) is 0 Å². The van der Waals surface area contributed by atoms with Gasteiger partial charge in [-0.1, -0.05) is 0 Å². The highest BCUT2D eigenvalue weighted by Crippen LogP contribution is 2.14. The van der Waals surface area contributed by atoms with Crippen LogP contribution < -0.4 is 10.6 Å². The molecule has 0 spiro atoms. The third-order valence-corrected chi connectivity index (χ3v) is 4.17. The van der Waals surface area contributed by atoms with E-state index in [1.54, 1.807) is 11.8 Å². The Hall–Kier alpha value is -1.17. The molecule has 0 aliphatic carbocycles. The monoisotopic (exact) mass is 298 g/mol. The smallest absolute Gasteiger partial charge is 0.315 e. The van der Waals surface area contributed by atoms with Crippen LogP contribution in [0.25, 0.3) is 0 Å². The second-order valence-corrected chi connectivity index (χ2v) is 6.26. The topological polar surface area (TPSA) is 59.0 Å². The van der Waals surface area contributed by atoms with Crippen LogP contribution in [0.5, 0.6) is 0 Å². The van der Waals surface area contributed by atoms with Gasteiger partial charge in [0.15, 0.2) is 0 Å². The highest BCUT2D eigenvalue weighted by atomic mass is 32.2. The van der Waals surface area contributed by atoms with Crippen LogP contribution in [-0.2, 0) is 13.5 Å². The number of hydrogen-bond acceptors (Lipinski definition) is 3. The second kappa shape index (κ2) is 7.57. The maximum Gasteiger partial charge on any atom is 0.315 e. The van der Waals surface area contributed by atoms with Crippen molar-refractivity contribution < 1.29 is 4.79 Å². The van der Waals surface area contributed by atoms with Crippen molar-refractivity contribution >= 4 is 17.8 Å². The lowest BCUT2D eigenvalue weighted by Crippen LogP contribution is -2.45. The van der Waals surface area contributed by atoms with Gasteiger partial charge in [-0.15, -0.1) is 0 Å². The number of carbonyl (C=O) groups excluding carboxylic acids is 1. The summed E-state index contributed by atoms with van der Waals surface area (Å²) in [4.78, 5) is 11.9. The molecular weight excluding hydrogens is 272 g/mol. The average Bonchev–Trinajstić information content (AvgIpc) is 2.55. The molecule has 2 amide bonds. The molecule has 2 N–H and O–H groups in total. The molecule has 1 rings (SSSR count). The Bertz CT molecular complexity index is 458. The molecule has 0 saturated carbocycles. The van der Waals surface area contributed by atoms with E-state index in [0.29, 0.717) is 0 Å². The molecule has 0 aromatic carbocycles. The minimum Gasteiger partial charge on any atom is -0.335 e. The number of nitrogens with zero attached hydrogens (tertiary/aromatic N) is 2. The van der Waals surface area contributed by atoms with E-state index in [2.05, 4.69) is 22.7 Å². The first kappa shape index (κ1) is 16.9. The van der Waals surface area contributed by atoms with E-state index < -0.39 is 0 Å². The van der Waals surface area contributed by atoms with Gasteiger partial charge in [0.25, 0.3) is 0 Å². The molecule has 2 atom stereocenters. The number of nitrogens with one attached hydrogen (secondary N) is 2. The molecule has 1 aromatic rings. The zero-order valence-corrected chi connectivity index (χ0v) is 14.1. The summed E-state index contributed by atoms with van der Waals surface area (Å²) in [6, 6.07) is 0.162. The molecule has 20 heavy (non-hydrogen) atoms. The van der Waals surface area contributed by atoms with E-state index in [4.69, 9.17) is 0 Å². The predicted molar refractivity (Wildman–Crippen MR) is 85.4 cm³/mol. The summed E-state index contributed by atoms with van der Waals surface area (Å²) in [6.45, 7) is 8.10. The van der Waals surface area contributed by atoms with Crippen LogP contribution in [0.2, 0.25) is 0 Å². The van der Waals surface area contributed by atoms with Crippen molar-refractivity contribution in [3.8, 4) is 0 Å². The number of aryl methyl sites for hydroxylation is 2. The fourth-order valence-electron chi connectivity index (χ4n) is 2.25. The van der Waals surface area contributed by atoms with Gasteiger partial charge in [-0.05, 0) is 45.9 Å². The molecule has 114 valence electrons. The van der Waals surface area contributed by atoms with Crippen molar-refractivity contribution in [2.45, 2.75) is 46.2 Å². The van der Waals surface area contributed by atoms with Crippen molar-refractivity contribution in [3.63, 3.8) is 0 Å². The summed E-state index contributed by atoms with van der Waals surface area (Å²) in [5.74, 6) is 0.919. The second-order valence-electron chi connectivity index (χ2n) is 5.35. The van der Waals surface area contributed by atoms with Crippen LogP contribution in [0, 0.1) is 13.8 Å². The van der Waals surface area contributed by atoms with Crippen LogP contribution in [-0.4, -0.2) is 39.9 Å². The Balaban J connectivity index is 2.51. The fourth-order valence-corrected chi connectivity index (χ4v) is 2.83. The maximum atomic E-state index is 11.9. The van der Waals surface area contributed by atoms with Crippen molar-refractivity contribution in [2.24, 2.45) is 7.05 Å². The van der Waals surface area contributed by atoms with Gasteiger partial charge in [-0.25, -0.2) is 4.79 Å². The average molecular weight is 298 g/mol. The maximum absolute atomic E-state index is 11.9. The van der Waals surface area contributed by atoms with Gasteiger partial charge < -0.3 is 10.6 Å². The number of amides is 2. The van der Waals surface area contributed by atoms with Crippen LogP contribution in [0.15, 0.2) is 0 Å². The summed E-state index contributed by atoms with van der Waals surface area (Å²) in [6.07, 6.45) is 2.84. The van der Waals surface area contributed by atoms with Crippen molar-refractivity contribution in [2.75, 3.05) is 12.0 Å². The van der Waals surface area contributed by atoms with Crippen molar-refractivity contribution in [3.05, 3.63) is 17.0 Å². The quantitative estimate of drug-likeness (QED) is 0.845. The summed E-state index contributed by atoms with van der Waals surface area (Å²) in [7, 11) is 1.95. The zero-order valence-electron chi connectivity index (χ0n) is 13.3. The summed E-state index contributed by atoms with van der Waals surface area (Å²) < 4.78 is 1.89. The molecule has 0 saturated heterocycles. The van der Waals surface area contributed by atoms with Gasteiger partial charge >= 0.3 is 6.03 Å². The Morgan fingerprint density at radius 1 is 1.30 bits per heavy atom. The van der Waals surface area contributed by atoms with Gasteiger partial charge in [0.1, 0.15) is 0 Å². The molecule has 0 bridgehead atoms. The van der Waals surface area contributed by atoms with E-state index in [0.717, 1.165) is 23.6 Å². The largest absolute Gasteiger partial charge is 0.335 e. The zero-order chi connectivity index (χ0) is 15.3. The molecule has 0 aliphatic heterocycles. The molecular formula is C14H26N4OS. The first-order valence-electron chi connectivity index (χ1n) is 6.90. The lowest BCUT2D eigenvalue weighted by molar-refractivity contribution is 0.235. The van der Waals surface area contributed by atoms with Crippen molar-refractivity contribution in [1.29, 1.82) is 0 Å². The molecule has 1 aromatic heterocycles. The van der Waals surface area contributed by atoms with Crippen LogP contribution in [0.4, 0.5) is 4.79 Å². The van der Waals surface area contributed by atoms with Crippen molar-refractivity contribution in [1.82, 2.24) is 20.4 Å². The molecule has 5 nitrogen and oxygen atoms in total. The standard InChI is InChI=1S/C14H26N4OS/c1-9(15-14(19)16-10(2)8-20-6)7-13-11(3)17-18(5)12(13)4/h9-10H,7-8H2,1-6H3,(H2,15,16,19)/t9-,10+/m1/s1. The normalized spacial score (nSPS) is 13.9. The van der Waals surface area contributed by atoms with Gasteiger partial charge in [0.05, 0.1) is 5.69 Å². The first-order chi connectivity index (χ1) is 9.35. The number of urea groups is 1. The number of aromatic nitrogens is 2. The fraction of sp³-hybridized carbons (Fsp3) is 0.714. The Morgan fingerprint density at radius 2 is 1.90 bits per heavy atom. The van der Waals surface area contributed by atoms with E-state index in [-0.39, 0.29) is 18.1 Å². The third-order valence-electron chi connectivity index (χ3n) is 3.34. The molecule has 1 heterocycles. The predicted octanol–water partition coefficient (Wildman–Crippen LogP) is 2.02. The summed E-state index contributed by atoms with van der Waals surface area (Å²) >= 11 is 1.73. The highest BCUT2D eigenvalue weighted by molar-refractivity contribution is 7.98. The van der Waals surface area contributed by atoms with E-state index in [9.17, 15) is 4.79 Å². The van der Waals surface area contributed by atoms with Gasteiger partial charge in [0, 0.05) is 30.6 Å². The Labute approximate surface area is 125 Å². The minimum absolute atomic E-state index is 0.0816. The summed E-state index contributed by atoms with van der Waals surface area (Å²) in [5, 5.41) is 10.3. The lowest BCUT2D eigenvalue weighted by Gasteiger charge is -2.18. The molecule has 0 aliphatic rings. The van der Waals surface area contributed by atoms with Gasteiger partial charge in [-0.3, -0.25) is 4.68 Å². The molecule has 0 fully saturated rings. The molecule has 0 radical (unpaired) electrons. The number of rotatable bonds is 6. The first-order valence-corrected chi connectivity index (χ1v) is 8.29. The van der Waals surface area contributed by atoms with Crippen LogP contribution >= 0.6 is 11.8 Å². The Morgan fingerprint density at radius 3 is 2.40 bits per heavy atom. The number of thioether (sulfide) groups is 1. The SMILES string of the molecule is CSC[C@H](C)NC(=O)N[C@H](C)Cc1c(C)nn(C)c1C.